The average Bonchev–Trinajstić information content (AvgIpc) is 2.30. The summed E-state index contributed by atoms with van der Waals surface area (Å²) in [6.45, 7) is 12.1. The Morgan fingerprint density at radius 2 is 1.74 bits per heavy atom. The molecule has 19 heavy (non-hydrogen) atoms. The smallest absolute Gasteiger partial charge is 0.191 e. The summed E-state index contributed by atoms with van der Waals surface area (Å²) in [6.07, 6.45) is 3.93. The zero-order chi connectivity index (χ0) is 14.7. The van der Waals surface area contributed by atoms with E-state index in [-0.39, 0.29) is 10.6 Å². The minimum Gasteiger partial charge on any atom is -0.417 e. The van der Waals surface area contributed by atoms with E-state index in [0.29, 0.717) is 18.6 Å². The summed E-state index contributed by atoms with van der Waals surface area (Å²) in [5.41, 5.74) is -0.129. The number of rotatable bonds is 5. The molecule has 1 fully saturated rings. The number of ether oxygens (including phenoxy) is 1. The zero-order valence-corrected chi connectivity index (χ0v) is 14.5. The molecule has 0 aliphatic heterocycles. The Morgan fingerprint density at radius 3 is 2.16 bits per heavy atom. The Hall–Kier alpha value is -0.193. The lowest BCUT2D eigenvalue weighted by Gasteiger charge is -2.39. The van der Waals surface area contributed by atoms with Gasteiger partial charge in [0.1, 0.15) is 5.78 Å². The summed E-state index contributed by atoms with van der Waals surface area (Å²) in [5, 5.41) is 0.246. The SMILES string of the molecule is COC1(CCO[Si](C)(C)C(C)(C)C)CCC(=O)CC1. The fourth-order valence-corrected chi connectivity index (χ4v) is 3.29. The van der Waals surface area contributed by atoms with Crippen LogP contribution in [0.5, 0.6) is 0 Å². The first-order valence-corrected chi connectivity index (χ1v) is 10.2. The van der Waals surface area contributed by atoms with Crippen molar-refractivity contribution in [1.29, 1.82) is 0 Å². The molecule has 112 valence electrons. The molecule has 0 N–H and O–H groups in total. The van der Waals surface area contributed by atoms with Crippen LogP contribution in [0, 0.1) is 0 Å². The van der Waals surface area contributed by atoms with E-state index in [1.807, 2.05) is 0 Å². The molecular formula is C15H30O3Si. The van der Waals surface area contributed by atoms with Crippen LogP contribution in [0.25, 0.3) is 0 Å². The Morgan fingerprint density at radius 1 is 1.21 bits per heavy atom. The van der Waals surface area contributed by atoms with Gasteiger partial charge in [0.2, 0.25) is 0 Å². The molecule has 1 aliphatic rings. The normalized spacial score (nSPS) is 20.6. The van der Waals surface area contributed by atoms with Gasteiger partial charge >= 0.3 is 0 Å². The van der Waals surface area contributed by atoms with Gasteiger partial charge in [-0.3, -0.25) is 4.79 Å². The van der Waals surface area contributed by atoms with Crippen molar-refractivity contribution in [1.82, 2.24) is 0 Å². The predicted molar refractivity (Wildman–Crippen MR) is 81.0 cm³/mol. The predicted octanol–water partition coefficient (Wildman–Crippen LogP) is 3.93. The first kappa shape index (κ1) is 16.9. The van der Waals surface area contributed by atoms with Crippen molar-refractivity contribution in [2.45, 2.75) is 76.6 Å². The van der Waals surface area contributed by atoms with Crippen LogP contribution in [0.3, 0.4) is 0 Å². The van der Waals surface area contributed by atoms with Crippen LogP contribution in [0.2, 0.25) is 18.1 Å². The Labute approximate surface area is 119 Å². The molecule has 0 aromatic carbocycles. The first-order valence-electron chi connectivity index (χ1n) is 7.33. The van der Waals surface area contributed by atoms with E-state index >= 15 is 0 Å². The summed E-state index contributed by atoms with van der Waals surface area (Å²) in [5.74, 6) is 0.373. The number of methoxy groups -OCH3 is 1. The molecule has 0 saturated heterocycles. The van der Waals surface area contributed by atoms with Gasteiger partial charge in [-0.25, -0.2) is 0 Å². The van der Waals surface area contributed by atoms with Crippen molar-refractivity contribution < 1.29 is 14.0 Å². The molecule has 1 saturated carbocycles. The average molecular weight is 286 g/mol. The van der Waals surface area contributed by atoms with E-state index < -0.39 is 8.32 Å². The highest BCUT2D eigenvalue weighted by Gasteiger charge is 2.39. The van der Waals surface area contributed by atoms with Gasteiger partial charge in [0.15, 0.2) is 8.32 Å². The van der Waals surface area contributed by atoms with Crippen molar-refractivity contribution in [3.8, 4) is 0 Å². The van der Waals surface area contributed by atoms with Crippen LogP contribution >= 0.6 is 0 Å². The van der Waals surface area contributed by atoms with Gasteiger partial charge in [-0.2, -0.15) is 0 Å². The van der Waals surface area contributed by atoms with E-state index in [4.69, 9.17) is 9.16 Å². The quantitative estimate of drug-likeness (QED) is 0.718. The van der Waals surface area contributed by atoms with E-state index in [1.165, 1.54) is 0 Å². The number of Topliss-reactive ketones (excluding diaryl/α,β-unsaturated/α-hetero) is 1. The maximum absolute atomic E-state index is 11.4. The largest absolute Gasteiger partial charge is 0.417 e. The molecule has 1 rings (SSSR count). The number of carbonyl (C=O) groups is 1. The minimum absolute atomic E-state index is 0.129. The lowest BCUT2D eigenvalue weighted by molar-refractivity contribution is -0.128. The Bertz CT molecular complexity index is 308. The van der Waals surface area contributed by atoms with Crippen LogP contribution in [-0.2, 0) is 14.0 Å². The molecule has 1 aliphatic carbocycles. The van der Waals surface area contributed by atoms with Gasteiger partial charge in [-0.05, 0) is 37.4 Å². The van der Waals surface area contributed by atoms with Crippen molar-refractivity contribution in [2.24, 2.45) is 0 Å². The van der Waals surface area contributed by atoms with Gasteiger partial charge in [0.25, 0.3) is 0 Å². The van der Waals surface area contributed by atoms with Gasteiger partial charge in [-0.15, -0.1) is 0 Å². The molecule has 0 amide bonds. The van der Waals surface area contributed by atoms with Crippen molar-refractivity contribution in [2.75, 3.05) is 13.7 Å². The third kappa shape index (κ3) is 4.40. The standard InChI is InChI=1S/C15H30O3Si/c1-14(2,3)19(5,6)18-12-11-15(17-4)9-7-13(16)8-10-15/h7-12H2,1-6H3. The first-order chi connectivity index (χ1) is 8.62. The third-order valence-electron chi connectivity index (χ3n) is 4.98. The van der Waals surface area contributed by atoms with Gasteiger partial charge < -0.3 is 9.16 Å². The molecule has 3 nitrogen and oxygen atoms in total. The maximum atomic E-state index is 11.4. The summed E-state index contributed by atoms with van der Waals surface area (Å²) in [6, 6.07) is 0. The van der Waals surface area contributed by atoms with Crippen molar-refractivity contribution in [3.05, 3.63) is 0 Å². The summed E-state index contributed by atoms with van der Waals surface area (Å²) in [4.78, 5) is 11.4. The molecule has 0 aromatic heterocycles. The second-order valence-electron chi connectivity index (χ2n) is 7.28. The molecule has 0 atom stereocenters. The molecule has 0 radical (unpaired) electrons. The lowest BCUT2D eigenvalue weighted by atomic mass is 9.82. The molecule has 0 heterocycles. The van der Waals surface area contributed by atoms with E-state index in [9.17, 15) is 4.79 Å². The maximum Gasteiger partial charge on any atom is 0.191 e. The van der Waals surface area contributed by atoms with Gasteiger partial charge in [0.05, 0.1) is 5.60 Å². The summed E-state index contributed by atoms with van der Waals surface area (Å²) >= 11 is 0. The van der Waals surface area contributed by atoms with Crippen molar-refractivity contribution >= 4 is 14.1 Å². The minimum atomic E-state index is -1.67. The van der Waals surface area contributed by atoms with Crippen LogP contribution in [0.1, 0.15) is 52.9 Å². The van der Waals surface area contributed by atoms with Crippen LogP contribution in [0.4, 0.5) is 0 Å². The topological polar surface area (TPSA) is 35.5 Å². The number of hydrogen-bond donors (Lipinski definition) is 0. The fraction of sp³-hybridized carbons (Fsp3) is 0.933. The summed E-state index contributed by atoms with van der Waals surface area (Å²) in [7, 11) is 0.0949. The third-order valence-corrected chi connectivity index (χ3v) is 9.52. The van der Waals surface area contributed by atoms with E-state index in [1.54, 1.807) is 7.11 Å². The van der Waals surface area contributed by atoms with Crippen LogP contribution in [-0.4, -0.2) is 33.4 Å². The molecule has 0 unspecified atom stereocenters. The van der Waals surface area contributed by atoms with Crippen LogP contribution < -0.4 is 0 Å². The Kier molecular flexibility index (Phi) is 5.38. The second kappa shape index (κ2) is 6.06. The number of ketones is 1. The molecule has 0 aromatic rings. The molecule has 4 heteroatoms. The highest BCUT2D eigenvalue weighted by Crippen LogP contribution is 2.38. The monoisotopic (exact) mass is 286 g/mol. The number of carbonyl (C=O) groups excluding carboxylic acids is 1. The number of hydrogen-bond acceptors (Lipinski definition) is 3. The van der Waals surface area contributed by atoms with Crippen LogP contribution in [0.15, 0.2) is 0 Å². The molecule has 0 spiro atoms. The van der Waals surface area contributed by atoms with Gasteiger partial charge in [0, 0.05) is 26.6 Å². The van der Waals surface area contributed by atoms with Crippen molar-refractivity contribution in [3.63, 3.8) is 0 Å². The zero-order valence-electron chi connectivity index (χ0n) is 13.5. The summed E-state index contributed by atoms with van der Waals surface area (Å²) < 4.78 is 11.9. The van der Waals surface area contributed by atoms with E-state index in [2.05, 4.69) is 33.9 Å². The fourth-order valence-electron chi connectivity index (χ4n) is 2.25. The lowest BCUT2D eigenvalue weighted by Crippen LogP contribution is -2.43. The van der Waals surface area contributed by atoms with E-state index in [0.717, 1.165) is 25.9 Å². The van der Waals surface area contributed by atoms with Gasteiger partial charge in [-0.1, -0.05) is 20.8 Å². The second-order valence-corrected chi connectivity index (χ2v) is 12.1. The molecular weight excluding hydrogens is 256 g/mol. The highest BCUT2D eigenvalue weighted by molar-refractivity contribution is 6.74. The highest BCUT2D eigenvalue weighted by atomic mass is 28.4. The Balaban J connectivity index is 2.49. The molecule has 0 bridgehead atoms.